The van der Waals surface area contributed by atoms with Gasteiger partial charge in [0.2, 0.25) is 0 Å². The summed E-state index contributed by atoms with van der Waals surface area (Å²) in [6.45, 7) is 1.22. The minimum Gasteiger partial charge on any atom is -0.338 e. The Bertz CT molecular complexity index is 938. The van der Waals surface area contributed by atoms with Gasteiger partial charge in [-0.2, -0.15) is 5.10 Å². The first-order chi connectivity index (χ1) is 12.1. The van der Waals surface area contributed by atoms with Crippen molar-refractivity contribution in [3.63, 3.8) is 0 Å². The highest BCUT2D eigenvalue weighted by Gasteiger charge is 2.29. The number of aryl methyl sites for hydroxylation is 1. The molecule has 0 saturated carbocycles. The van der Waals surface area contributed by atoms with Crippen molar-refractivity contribution in [1.82, 2.24) is 24.6 Å². The molecular formula is C18H18FN5O. The number of likely N-dealkylation sites (tertiary alicyclic amines) is 1. The molecule has 1 amide bonds. The van der Waals surface area contributed by atoms with Gasteiger partial charge < -0.3 is 4.90 Å². The highest BCUT2D eigenvalue weighted by Crippen LogP contribution is 2.30. The van der Waals surface area contributed by atoms with Crippen molar-refractivity contribution in [3.8, 4) is 0 Å². The molecule has 128 valence electrons. The van der Waals surface area contributed by atoms with Crippen LogP contribution >= 0.6 is 0 Å². The molecule has 1 aliphatic heterocycles. The van der Waals surface area contributed by atoms with Gasteiger partial charge in [-0.05, 0) is 31.0 Å². The van der Waals surface area contributed by atoms with E-state index in [4.69, 9.17) is 0 Å². The van der Waals surface area contributed by atoms with E-state index < -0.39 is 5.82 Å². The largest absolute Gasteiger partial charge is 0.338 e. The molecule has 3 heterocycles. The molecule has 0 radical (unpaired) electrons. The van der Waals surface area contributed by atoms with Crippen LogP contribution in [-0.4, -0.2) is 43.6 Å². The van der Waals surface area contributed by atoms with E-state index in [2.05, 4.69) is 15.1 Å². The summed E-state index contributed by atoms with van der Waals surface area (Å²) in [5.41, 5.74) is 2.79. The van der Waals surface area contributed by atoms with Crippen LogP contribution in [0.5, 0.6) is 0 Å². The van der Waals surface area contributed by atoms with E-state index in [-0.39, 0.29) is 11.8 Å². The van der Waals surface area contributed by atoms with Gasteiger partial charge >= 0.3 is 0 Å². The molecule has 1 saturated heterocycles. The second-order valence-electron chi connectivity index (χ2n) is 6.34. The first-order valence-electron chi connectivity index (χ1n) is 8.32. The average molecular weight is 339 g/mol. The summed E-state index contributed by atoms with van der Waals surface area (Å²) in [5.74, 6) is -0.437. The summed E-state index contributed by atoms with van der Waals surface area (Å²) < 4.78 is 15.1. The van der Waals surface area contributed by atoms with E-state index in [0.717, 1.165) is 29.7 Å². The minimum absolute atomic E-state index is 0.103. The zero-order valence-corrected chi connectivity index (χ0v) is 13.9. The number of hydrogen-bond donors (Lipinski definition) is 0. The van der Waals surface area contributed by atoms with Gasteiger partial charge in [-0.1, -0.05) is 6.07 Å². The number of aromatic nitrogens is 4. The van der Waals surface area contributed by atoms with Crippen molar-refractivity contribution in [2.45, 2.75) is 18.8 Å². The summed E-state index contributed by atoms with van der Waals surface area (Å²) in [6.07, 6.45) is 5.13. The number of fused-ring (bicyclic) bond motifs is 1. The fourth-order valence-electron chi connectivity index (χ4n) is 3.47. The van der Waals surface area contributed by atoms with Crippen LogP contribution in [0.4, 0.5) is 4.39 Å². The third-order valence-electron chi connectivity index (χ3n) is 4.65. The zero-order valence-electron chi connectivity index (χ0n) is 13.9. The van der Waals surface area contributed by atoms with E-state index in [1.165, 1.54) is 12.1 Å². The van der Waals surface area contributed by atoms with Gasteiger partial charge in [0.1, 0.15) is 11.3 Å². The lowest BCUT2D eigenvalue weighted by Crippen LogP contribution is -2.39. The normalized spacial score (nSPS) is 17.8. The molecule has 7 heteroatoms. The molecular weight excluding hydrogens is 321 g/mol. The lowest BCUT2D eigenvalue weighted by atomic mass is 9.94. The molecule has 1 atom stereocenters. The smallest absolute Gasteiger partial charge is 0.253 e. The standard InChI is InChI=1S/C18H18FN5O/c1-23-17-16(20-7-8-21-17)15(22-23)13-5-3-9-24(11-13)18(25)12-4-2-6-14(19)10-12/h2,4,6-8,10,13H,3,5,9,11H2,1H3. The van der Waals surface area contributed by atoms with Gasteiger partial charge in [-0.25, -0.2) is 19.0 Å². The molecule has 1 aliphatic rings. The topological polar surface area (TPSA) is 63.9 Å². The number of carbonyl (C=O) groups is 1. The Morgan fingerprint density at radius 3 is 2.96 bits per heavy atom. The number of amides is 1. The molecule has 3 aromatic rings. The van der Waals surface area contributed by atoms with Crippen molar-refractivity contribution < 1.29 is 9.18 Å². The first kappa shape index (κ1) is 15.7. The van der Waals surface area contributed by atoms with Gasteiger partial charge in [0.15, 0.2) is 5.65 Å². The Morgan fingerprint density at radius 1 is 1.28 bits per heavy atom. The maximum Gasteiger partial charge on any atom is 0.253 e. The van der Waals surface area contributed by atoms with Crippen LogP contribution in [0.1, 0.15) is 34.8 Å². The highest BCUT2D eigenvalue weighted by molar-refractivity contribution is 5.94. The van der Waals surface area contributed by atoms with Gasteiger partial charge in [-0.15, -0.1) is 0 Å². The van der Waals surface area contributed by atoms with Crippen molar-refractivity contribution in [2.75, 3.05) is 13.1 Å². The predicted octanol–water partition coefficient (Wildman–Crippen LogP) is 2.52. The highest BCUT2D eigenvalue weighted by atomic mass is 19.1. The van der Waals surface area contributed by atoms with Crippen LogP contribution in [0.15, 0.2) is 36.7 Å². The molecule has 0 spiro atoms. The molecule has 1 aromatic carbocycles. The number of carbonyl (C=O) groups excluding carboxylic acids is 1. The number of nitrogens with zero attached hydrogens (tertiary/aromatic N) is 5. The van der Waals surface area contributed by atoms with Gasteiger partial charge in [0.05, 0.1) is 5.69 Å². The van der Waals surface area contributed by atoms with Crippen LogP contribution in [0.25, 0.3) is 11.2 Å². The molecule has 1 fully saturated rings. The van der Waals surface area contributed by atoms with Gasteiger partial charge in [-0.3, -0.25) is 4.79 Å². The second-order valence-corrected chi connectivity index (χ2v) is 6.34. The molecule has 6 nitrogen and oxygen atoms in total. The van der Waals surface area contributed by atoms with E-state index in [1.54, 1.807) is 34.1 Å². The van der Waals surface area contributed by atoms with Crippen molar-refractivity contribution in [2.24, 2.45) is 7.05 Å². The van der Waals surface area contributed by atoms with Crippen LogP contribution in [0.3, 0.4) is 0 Å². The second kappa shape index (κ2) is 6.23. The van der Waals surface area contributed by atoms with Crippen LogP contribution in [0.2, 0.25) is 0 Å². The summed E-state index contributed by atoms with van der Waals surface area (Å²) >= 11 is 0. The third kappa shape index (κ3) is 2.86. The molecule has 25 heavy (non-hydrogen) atoms. The Hall–Kier alpha value is -2.83. The summed E-state index contributed by atoms with van der Waals surface area (Å²) in [5, 5.41) is 4.59. The van der Waals surface area contributed by atoms with Crippen molar-refractivity contribution in [1.29, 1.82) is 0 Å². The number of hydrogen-bond acceptors (Lipinski definition) is 4. The Morgan fingerprint density at radius 2 is 2.12 bits per heavy atom. The summed E-state index contributed by atoms with van der Waals surface area (Å²) in [4.78, 5) is 23.2. The first-order valence-corrected chi connectivity index (χ1v) is 8.32. The van der Waals surface area contributed by atoms with Crippen LogP contribution in [-0.2, 0) is 7.05 Å². The predicted molar refractivity (Wildman–Crippen MR) is 90.6 cm³/mol. The van der Waals surface area contributed by atoms with E-state index in [9.17, 15) is 9.18 Å². The zero-order chi connectivity index (χ0) is 17.4. The van der Waals surface area contributed by atoms with Crippen molar-refractivity contribution in [3.05, 3.63) is 53.7 Å². The SMILES string of the molecule is Cn1nc(C2CCCN(C(=O)c3cccc(F)c3)C2)c2nccnc21. The van der Waals surface area contributed by atoms with Gasteiger partial charge in [0, 0.05) is 44.0 Å². The number of piperidine rings is 1. The van der Waals surface area contributed by atoms with Crippen molar-refractivity contribution >= 4 is 17.1 Å². The molecule has 0 aliphatic carbocycles. The van der Waals surface area contributed by atoms with E-state index in [0.29, 0.717) is 18.7 Å². The maximum absolute atomic E-state index is 13.4. The fourth-order valence-corrected chi connectivity index (χ4v) is 3.47. The quantitative estimate of drug-likeness (QED) is 0.720. The molecule has 0 N–H and O–H groups in total. The van der Waals surface area contributed by atoms with Gasteiger partial charge in [0.25, 0.3) is 5.91 Å². The Kier molecular flexibility index (Phi) is 3.91. The average Bonchev–Trinajstić information content (AvgIpc) is 2.98. The molecule has 4 rings (SSSR count). The number of benzene rings is 1. The minimum atomic E-state index is -0.398. The molecule has 1 unspecified atom stereocenters. The summed E-state index contributed by atoms with van der Waals surface area (Å²) in [6, 6.07) is 5.84. The fraction of sp³-hybridized carbons (Fsp3) is 0.333. The molecule has 2 aromatic heterocycles. The summed E-state index contributed by atoms with van der Waals surface area (Å²) in [7, 11) is 1.85. The lowest BCUT2D eigenvalue weighted by Gasteiger charge is -2.32. The monoisotopic (exact) mass is 339 g/mol. The van der Waals surface area contributed by atoms with Crippen LogP contribution in [0, 0.1) is 5.82 Å². The van der Waals surface area contributed by atoms with E-state index in [1.807, 2.05) is 7.05 Å². The molecule has 0 bridgehead atoms. The van der Waals surface area contributed by atoms with E-state index >= 15 is 0 Å². The van der Waals surface area contributed by atoms with Crippen LogP contribution < -0.4 is 0 Å². The number of halogens is 1. The third-order valence-corrected chi connectivity index (χ3v) is 4.65. The lowest BCUT2D eigenvalue weighted by molar-refractivity contribution is 0.0705. The number of rotatable bonds is 2. The maximum atomic E-state index is 13.4. The Labute approximate surface area is 144 Å². The Balaban J connectivity index is 1.61.